The SMILES string of the molecule is CC(C)n1[nH]c(=O)c2c1NC(=O)C[C@]21C(=O)Nc2ccc(F)cc21. The molecule has 2 aliphatic heterocycles. The third kappa shape index (κ3) is 1.68. The van der Waals surface area contributed by atoms with E-state index in [4.69, 9.17) is 0 Å². The van der Waals surface area contributed by atoms with E-state index in [-0.39, 0.29) is 23.8 Å². The molecule has 0 unspecified atom stereocenters. The normalized spacial score (nSPS) is 21.7. The molecule has 1 aromatic heterocycles. The number of aromatic nitrogens is 2. The van der Waals surface area contributed by atoms with Crippen LogP contribution >= 0.6 is 0 Å². The van der Waals surface area contributed by atoms with Crippen molar-refractivity contribution in [3.05, 3.63) is 45.5 Å². The maximum Gasteiger partial charge on any atom is 0.270 e. The maximum atomic E-state index is 13.8. The lowest BCUT2D eigenvalue weighted by Crippen LogP contribution is -2.46. The molecule has 3 N–H and O–H groups in total. The number of halogens is 1. The summed E-state index contributed by atoms with van der Waals surface area (Å²) in [5.74, 6) is -1.16. The molecule has 24 heavy (non-hydrogen) atoms. The first-order chi connectivity index (χ1) is 11.3. The minimum atomic E-state index is -1.51. The van der Waals surface area contributed by atoms with Crippen LogP contribution in [-0.2, 0) is 15.0 Å². The number of carbonyl (C=O) groups excluding carboxylic acids is 2. The van der Waals surface area contributed by atoms with E-state index >= 15 is 0 Å². The summed E-state index contributed by atoms with van der Waals surface area (Å²) >= 11 is 0. The second kappa shape index (κ2) is 4.56. The molecule has 0 bridgehead atoms. The van der Waals surface area contributed by atoms with Crippen LogP contribution in [0, 0.1) is 5.82 Å². The summed E-state index contributed by atoms with van der Waals surface area (Å²) in [6.07, 6.45) is -0.243. The van der Waals surface area contributed by atoms with Crippen molar-refractivity contribution in [3.63, 3.8) is 0 Å². The van der Waals surface area contributed by atoms with Gasteiger partial charge in [0.2, 0.25) is 11.8 Å². The van der Waals surface area contributed by atoms with Crippen LogP contribution in [0.5, 0.6) is 0 Å². The van der Waals surface area contributed by atoms with Crippen molar-refractivity contribution in [2.24, 2.45) is 0 Å². The Balaban J connectivity index is 2.09. The predicted molar refractivity (Wildman–Crippen MR) is 84.5 cm³/mol. The molecule has 1 atom stereocenters. The monoisotopic (exact) mass is 330 g/mol. The summed E-state index contributed by atoms with van der Waals surface area (Å²) < 4.78 is 15.3. The van der Waals surface area contributed by atoms with Crippen LogP contribution < -0.4 is 16.2 Å². The van der Waals surface area contributed by atoms with E-state index in [1.165, 1.54) is 22.9 Å². The van der Waals surface area contributed by atoms with E-state index in [0.29, 0.717) is 11.3 Å². The van der Waals surface area contributed by atoms with Gasteiger partial charge in [-0.05, 0) is 37.6 Å². The Labute approximate surface area is 135 Å². The Bertz CT molecular complexity index is 959. The quantitative estimate of drug-likeness (QED) is 0.739. The Morgan fingerprint density at radius 1 is 1.21 bits per heavy atom. The van der Waals surface area contributed by atoms with Gasteiger partial charge >= 0.3 is 0 Å². The second-order valence-electron chi connectivity index (χ2n) is 6.40. The highest BCUT2D eigenvalue weighted by Crippen LogP contribution is 2.48. The Morgan fingerprint density at radius 2 is 1.96 bits per heavy atom. The van der Waals surface area contributed by atoms with Crippen molar-refractivity contribution in [1.82, 2.24) is 9.78 Å². The van der Waals surface area contributed by atoms with Crippen molar-refractivity contribution >= 4 is 23.3 Å². The lowest BCUT2D eigenvalue weighted by atomic mass is 9.71. The first-order valence-electron chi connectivity index (χ1n) is 7.61. The number of amides is 2. The standard InChI is InChI=1S/C16H15FN4O3/c1-7(2)21-13-12(14(23)20-21)16(6-11(22)19-13)9-5-8(17)3-4-10(9)18-15(16)24/h3-5,7H,6H2,1-2H3,(H,18,24)(H,19,22)(H,20,23)/t16-/m1/s1. The average Bonchev–Trinajstić information content (AvgIpc) is 2.97. The highest BCUT2D eigenvalue weighted by Gasteiger charge is 2.55. The molecular weight excluding hydrogens is 315 g/mol. The zero-order valence-corrected chi connectivity index (χ0v) is 13.1. The number of nitrogens with one attached hydrogen (secondary N) is 3. The summed E-state index contributed by atoms with van der Waals surface area (Å²) in [6, 6.07) is 3.75. The van der Waals surface area contributed by atoms with Gasteiger partial charge in [-0.15, -0.1) is 0 Å². The molecule has 2 amide bonds. The number of fused-ring (bicyclic) bond motifs is 4. The van der Waals surface area contributed by atoms with Crippen molar-refractivity contribution in [2.75, 3.05) is 10.6 Å². The lowest BCUT2D eigenvalue weighted by Gasteiger charge is -2.31. The first-order valence-corrected chi connectivity index (χ1v) is 7.61. The highest BCUT2D eigenvalue weighted by molar-refractivity contribution is 6.14. The van der Waals surface area contributed by atoms with Crippen LogP contribution in [0.15, 0.2) is 23.0 Å². The Morgan fingerprint density at radius 3 is 2.67 bits per heavy atom. The van der Waals surface area contributed by atoms with Crippen molar-refractivity contribution < 1.29 is 14.0 Å². The maximum absolute atomic E-state index is 13.8. The number of carbonyl (C=O) groups is 2. The van der Waals surface area contributed by atoms with Crippen molar-refractivity contribution in [2.45, 2.75) is 31.7 Å². The smallest absolute Gasteiger partial charge is 0.270 e. The van der Waals surface area contributed by atoms with E-state index in [0.717, 1.165) is 0 Å². The molecule has 0 fully saturated rings. The van der Waals surface area contributed by atoms with Gasteiger partial charge in [-0.1, -0.05) is 0 Å². The fraction of sp³-hybridized carbons (Fsp3) is 0.312. The number of nitrogens with zero attached hydrogens (tertiary/aromatic N) is 1. The van der Waals surface area contributed by atoms with Gasteiger partial charge in [0.25, 0.3) is 5.56 Å². The number of anilines is 2. The van der Waals surface area contributed by atoms with Gasteiger partial charge in [-0.2, -0.15) is 0 Å². The van der Waals surface area contributed by atoms with Gasteiger partial charge < -0.3 is 10.6 Å². The topological polar surface area (TPSA) is 96.0 Å². The number of hydrogen-bond donors (Lipinski definition) is 3. The Hall–Kier alpha value is -2.90. The number of hydrogen-bond acceptors (Lipinski definition) is 3. The molecule has 1 spiro atoms. The summed E-state index contributed by atoms with van der Waals surface area (Å²) in [5.41, 5.74) is -1.10. The first kappa shape index (κ1) is 14.7. The number of H-pyrrole nitrogens is 1. The second-order valence-corrected chi connectivity index (χ2v) is 6.40. The van der Waals surface area contributed by atoms with E-state index in [2.05, 4.69) is 15.7 Å². The molecule has 2 aromatic rings. The number of aromatic amines is 1. The fourth-order valence-corrected chi connectivity index (χ4v) is 3.61. The third-order valence-electron chi connectivity index (χ3n) is 4.63. The summed E-state index contributed by atoms with van der Waals surface area (Å²) in [5, 5.41) is 8.00. The fourth-order valence-electron chi connectivity index (χ4n) is 3.61. The molecule has 3 heterocycles. The third-order valence-corrected chi connectivity index (χ3v) is 4.63. The molecule has 8 heteroatoms. The predicted octanol–water partition coefficient (Wildman–Crippen LogP) is 1.48. The van der Waals surface area contributed by atoms with Crippen molar-refractivity contribution in [3.8, 4) is 0 Å². The van der Waals surface area contributed by atoms with Gasteiger partial charge in [0, 0.05) is 11.7 Å². The van der Waals surface area contributed by atoms with Gasteiger partial charge in [-0.3, -0.25) is 24.2 Å². The van der Waals surface area contributed by atoms with E-state index in [1.54, 1.807) is 0 Å². The summed E-state index contributed by atoms with van der Waals surface area (Å²) in [6.45, 7) is 3.68. The van der Waals surface area contributed by atoms with E-state index < -0.39 is 28.6 Å². The van der Waals surface area contributed by atoms with Gasteiger partial charge in [-0.25, -0.2) is 4.39 Å². The molecule has 1 aromatic carbocycles. The molecule has 124 valence electrons. The molecule has 0 radical (unpaired) electrons. The molecular formula is C16H15FN4O3. The summed E-state index contributed by atoms with van der Waals surface area (Å²) in [7, 11) is 0. The molecule has 0 saturated carbocycles. The van der Waals surface area contributed by atoms with Crippen LogP contribution in [-0.4, -0.2) is 21.6 Å². The van der Waals surface area contributed by atoms with Gasteiger partial charge in [0.1, 0.15) is 17.1 Å². The van der Waals surface area contributed by atoms with Crippen LogP contribution in [0.25, 0.3) is 0 Å². The molecule has 7 nitrogen and oxygen atoms in total. The average molecular weight is 330 g/mol. The number of benzene rings is 1. The summed E-state index contributed by atoms with van der Waals surface area (Å²) in [4.78, 5) is 37.7. The molecule has 0 saturated heterocycles. The Kier molecular flexibility index (Phi) is 2.79. The van der Waals surface area contributed by atoms with Crippen molar-refractivity contribution in [1.29, 1.82) is 0 Å². The minimum absolute atomic E-state index is 0.131. The zero-order valence-electron chi connectivity index (χ0n) is 13.1. The molecule has 2 aliphatic rings. The van der Waals surface area contributed by atoms with Crippen LogP contribution in [0.1, 0.15) is 37.4 Å². The van der Waals surface area contributed by atoms with Gasteiger partial charge in [0.05, 0.1) is 12.0 Å². The van der Waals surface area contributed by atoms with Crippen LogP contribution in [0.2, 0.25) is 0 Å². The molecule has 4 rings (SSSR count). The number of rotatable bonds is 1. The van der Waals surface area contributed by atoms with Crippen LogP contribution in [0.3, 0.4) is 0 Å². The zero-order chi connectivity index (χ0) is 17.2. The minimum Gasteiger partial charge on any atom is -0.325 e. The highest BCUT2D eigenvalue weighted by atomic mass is 19.1. The molecule has 0 aliphatic carbocycles. The lowest BCUT2D eigenvalue weighted by molar-refractivity contribution is -0.125. The largest absolute Gasteiger partial charge is 0.325 e. The van der Waals surface area contributed by atoms with Gasteiger partial charge in [0.15, 0.2) is 0 Å². The van der Waals surface area contributed by atoms with E-state index in [1.807, 2.05) is 13.8 Å². The van der Waals surface area contributed by atoms with Crippen LogP contribution in [0.4, 0.5) is 15.9 Å². The van der Waals surface area contributed by atoms with E-state index in [9.17, 15) is 18.8 Å².